The number of rotatable bonds is 6. The number of hydrogen-bond acceptors (Lipinski definition) is 4. The Morgan fingerprint density at radius 3 is 2.59 bits per heavy atom. The Labute approximate surface area is 163 Å². The second kappa shape index (κ2) is 7.29. The normalized spacial score (nSPS) is 12.5. The summed E-state index contributed by atoms with van der Waals surface area (Å²) < 4.78 is 6.09. The Bertz CT molecular complexity index is 1030. The zero-order valence-electron chi connectivity index (χ0n) is 15.5. The summed E-state index contributed by atoms with van der Waals surface area (Å²) >= 11 is 6.14. The van der Waals surface area contributed by atoms with Crippen LogP contribution in [0.4, 0.5) is 0 Å². The highest BCUT2D eigenvalue weighted by Crippen LogP contribution is 2.45. The van der Waals surface area contributed by atoms with Crippen LogP contribution in [-0.4, -0.2) is 41.9 Å². The first kappa shape index (κ1) is 18.0. The first-order valence-corrected chi connectivity index (χ1v) is 9.64. The fourth-order valence-corrected chi connectivity index (χ4v) is 3.82. The number of halogens is 1. The molecule has 4 rings (SSSR count). The number of aromatic nitrogens is 1. The van der Waals surface area contributed by atoms with Crippen LogP contribution in [-0.2, 0) is 0 Å². The van der Waals surface area contributed by atoms with E-state index in [1.807, 2.05) is 30.3 Å². The maximum atomic E-state index is 13.1. The van der Waals surface area contributed by atoms with Gasteiger partial charge in [0.25, 0.3) is 0 Å². The van der Waals surface area contributed by atoms with Crippen molar-refractivity contribution in [2.24, 2.45) is 0 Å². The van der Waals surface area contributed by atoms with Gasteiger partial charge in [0.1, 0.15) is 6.61 Å². The third kappa shape index (κ3) is 3.09. The van der Waals surface area contributed by atoms with Crippen LogP contribution >= 0.6 is 11.6 Å². The van der Waals surface area contributed by atoms with E-state index in [-0.39, 0.29) is 5.78 Å². The minimum absolute atomic E-state index is 0.0188. The summed E-state index contributed by atoms with van der Waals surface area (Å²) in [5, 5.41) is 1.40. The predicted molar refractivity (Wildman–Crippen MR) is 109 cm³/mol. The number of benzene rings is 2. The molecule has 0 spiro atoms. The molecule has 0 radical (unpaired) electrons. The van der Waals surface area contributed by atoms with E-state index in [1.165, 1.54) is 0 Å². The molecule has 0 amide bonds. The van der Waals surface area contributed by atoms with Gasteiger partial charge in [-0.25, -0.2) is 4.98 Å². The van der Waals surface area contributed by atoms with Crippen molar-refractivity contribution >= 4 is 28.3 Å². The Morgan fingerprint density at radius 1 is 1.04 bits per heavy atom. The van der Waals surface area contributed by atoms with Crippen LogP contribution in [0.5, 0.6) is 5.88 Å². The first-order valence-electron chi connectivity index (χ1n) is 9.26. The Morgan fingerprint density at radius 2 is 1.81 bits per heavy atom. The Kier molecular flexibility index (Phi) is 4.85. The molecular formula is C22H21ClN2O2. The standard InChI is InChI=1S/C22H21ClN2O2/c1-3-25(4-2)11-12-27-22-20-15-10-9-14(23)13-17(15)21(26)19(20)16-7-5-6-8-18(16)24-22/h5-10,13H,3-4,11-12H2,1-2H3. The number of carbonyl (C=O) groups excluding carboxylic acids is 1. The second-order valence-corrected chi connectivity index (χ2v) is 7.01. The highest BCUT2D eigenvalue weighted by molar-refractivity contribution is 6.33. The molecule has 27 heavy (non-hydrogen) atoms. The van der Waals surface area contributed by atoms with E-state index in [1.54, 1.807) is 12.1 Å². The van der Waals surface area contributed by atoms with E-state index in [9.17, 15) is 4.79 Å². The quantitative estimate of drug-likeness (QED) is 0.481. The monoisotopic (exact) mass is 380 g/mol. The fourth-order valence-electron chi connectivity index (χ4n) is 3.65. The number of fused-ring (bicyclic) bond motifs is 5. The topological polar surface area (TPSA) is 42.4 Å². The molecule has 4 nitrogen and oxygen atoms in total. The van der Waals surface area contributed by atoms with Gasteiger partial charge in [0.15, 0.2) is 5.78 Å². The van der Waals surface area contributed by atoms with Gasteiger partial charge in [0.2, 0.25) is 5.88 Å². The van der Waals surface area contributed by atoms with Crippen LogP contribution in [0.1, 0.15) is 29.8 Å². The molecule has 3 aromatic rings. The van der Waals surface area contributed by atoms with Crippen molar-refractivity contribution in [3.8, 4) is 17.0 Å². The molecule has 0 unspecified atom stereocenters. The molecule has 0 N–H and O–H groups in total. The fraction of sp³-hybridized carbons (Fsp3) is 0.273. The van der Waals surface area contributed by atoms with Gasteiger partial charge in [-0.05, 0) is 36.9 Å². The molecule has 0 fully saturated rings. The van der Waals surface area contributed by atoms with Gasteiger partial charge in [-0.15, -0.1) is 0 Å². The summed E-state index contributed by atoms with van der Waals surface area (Å²) in [6.07, 6.45) is 0. The number of likely N-dealkylation sites (N-methyl/N-ethyl adjacent to an activating group) is 1. The molecule has 0 aliphatic heterocycles. The SMILES string of the molecule is CCN(CC)CCOc1nc2ccccc2c2c1-c1ccc(Cl)cc1C2=O. The molecule has 1 aliphatic carbocycles. The average molecular weight is 381 g/mol. The molecule has 5 heteroatoms. The van der Waals surface area contributed by atoms with Gasteiger partial charge in [-0.3, -0.25) is 4.79 Å². The number of hydrogen-bond donors (Lipinski definition) is 0. The van der Waals surface area contributed by atoms with Gasteiger partial charge in [0, 0.05) is 28.1 Å². The number of ether oxygens (including phenoxy) is 1. The number of pyridine rings is 1. The maximum Gasteiger partial charge on any atom is 0.222 e. The van der Waals surface area contributed by atoms with Crippen molar-refractivity contribution in [1.29, 1.82) is 0 Å². The van der Waals surface area contributed by atoms with Crippen LogP contribution in [0.25, 0.3) is 22.0 Å². The van der Waals surface area contributed by atoms with Crippen molar-refractivity contribution in [1.82, 2.24) is 9.88 Å². The van der Waals surface area contributed by atoms with Gasteiger partial charge in [-0.1, -0.05) is 49.7 Å². The molecule has 0 bridgehead atoms. The zero-order valence-corrected chi connectivity index (χ0v) is 16.2. The highest BCUT2D eigenvalue weighted by Gasteiger charge is 2.33. The minimum atomic E-state index is -0.0188. The molecular weight excluding hydrogens is 360 g/mol. The van der Waals surface area contributed by atoms with Crippen LogP contribution in [0.3, 0.4) is 0 Å². The Hall–Kier alpha value is -2.43. The summed E-state index contributed by atoms with van der Waals surface area (Å²) in [5.41, 5.74) is 3.67. The smallest absolute Gasteiger partial charge is 0.222 e. The van der Waals surface area contributed by atoms with Crippen molar-refractivity contribution in [3.05, 3.63) is 58.6 Å². The lowest BCUT2D eigenvalue weighted by molar-refractivity contribution is 0.104. The van der Waals surface area contributed by atoms with E-state index < -0.39 is 0 Å². The molecule has 2 aromatic carbocycles. The molecule has 1 heterocycles. The van der Waals surface area contributed by atoms with Crippen molar-refractivity contribution in [2.75, 3.05) is 26.2 Å². The van der Waals surface area contributed by atoms with Crippen molar-refractivity contribution in [2.45, 2.75) is 13.8 Å². The van der Waals surface area contributed by atoms with Crippen LogP contribution in [0.15, 0.2) is 42.5 Å². The third-order valence-corrected chi connectivity index (χ3v) is 5.36. The van der Waals surface area contributed by atoms with E-state index in [4.69, 9.17) is 21.3 Å². The van der Waals surface area contributed by atoms with E-state index >= 15 is 0 Å². The number of para-hydroxylation sites is 1. The molecule has 0 saturated heterocycles. The maximum absolute atomic E-state index is 13.1. The molecule has 1 aliphatic rings. The van der Waals surface area contributed by atoms with Crippen molar-refractivity contribution in [3.63, 3.8) is 0 Å². The summed E-state index contributed by atoms with van der Waals surface area (Å²) in [4.78, 5) is 20.1. The molecule has 0 atom stereocenters. The van der Waals surface area contributed by atoms with Gasteiger partial charge < -0.3 is 9.64 Å². The summed E-state index contributed by atoms with van der Waals surface area (Å²) in [7, 11) is 0. The van der Waals surface area contributed by atoms with E-state index in [0.29, 0.717) is 28.6 Å². The van der Waals surface area contributed by atoms with Gasteiger partial charge >= 0.3 is 0 Å². The summed E-state index contributed by atoms with van der Waals surface area (Å²) in [6, 6.07) is 13.1. The predicted octanol–water partition coefficient (Wildman–Crippen LogP) is 4.82. The van der Waals surface area contributed by atoms with Crippen LogP contribution in [0, 0.1) is 0 Å². The van der Waals surface area contributed by atoms with Gasteiger partial charge in [0.05, 0.1) is 11.1 Å². The summed E-state index contributed by atoms with van der Waals surface area (Å²) in [5.74, 6) is 0.500. The number of nitrogens with zero attached hydrogens (tertiary/aromatic N) is 2. The molecule has 1 aromatic heterocycles. The van der Waals surface area contributed by atoms with E-state index in [0.717, 1.165) is 41.7 Å². The largest absolute Gasteiger partial charge is 0.476 e. The zero-order chi connectivity index (χ0) is 19.0. The lowest BCUT2D eigenvalue weighted by Crippen LogP contribution is -2.28. The number of carbonyl (C=O) groups is 1. The highest BCUT2D eigenvalue weighted by atomic mass is 35.5. The summed E-state index contributed by atoms with van der Waals surface area (Å²) in [6.45, 7) is 7.56. The lowest BCUT2D eigenvalue weighted by Gasteiger charge is -2.19. The molecule has 138 valence electrons. The first-order chi connectivity index (χ1) is 13.1. The van der Waals surface area contributed by atoms with Crippen LogP contribution in [0.2, 0.25) is 5.02 Å². The molecule has 0 saturated carbocycles. The second-order valence-electron chi connectivity index (χ2n) is 6.58. The van der Waals surface area contributed by atoms with Crippen molar-refractivity contribution < 1.29 is 9.53 Å². The van der Waals surface area contributed by atoms with E-state index in [2.05, 4.69) is 18.7 Å². The number of ketones is 1. The minimum Gasteiger partial charge on any atom is -0.476 e. The third-order valence-electron chi connectivity index (χ3n) is 5.12. The van der Waals surface area contributed by atoms with Gasteiger partial charge in [-0.2, -0.15) is 0 Å². The lowest BCUT2D eigenvalue weighted by atomic mass is 10.0. The Balaban J connectivity index is 1.82. The van der Waals surface area contributed by atoms with Crippen LogP contribution < -0.4 is 4.74 Å². The average Bonchev–Trinajstić information content (AvgIpc) is 2.98.